The lowest BCUT2D eigenvalue weighted by molar-refractivity contribution is -1.02. The number of nitrogens with one attached hydrogen (secondary N) is 2. The predicted molar refractivity (Wildman–Crippen MR) is 103 cm³/mol. The molecule has 0 radical (unpaired) electrons. The maximum atomic E-state index is 4.68. The monoisotopic (exact) mass is 426 g/mol. The smallest absolute Gasteiger partial charge is 0.147 e. The molecule has 2 aliphatic rings. The summed E-state index contributed by atoms with van der Waals surface area (Å²) < 4.78 is 0. The Hall–Kier alpha value is -0.980. The molecule has 4 rings (SSSR count). The zero-order valence-corrected chi connectivity index (χ0v) is 18.2. The maximum Gasteiger partial charge on any atom is 0.147 e. The number of rotatable bonds is 4. The number of likely N-dealkylation sites (N-methyl/N-ethyl adjacent to an activating group) is 1. The minimum atomic E-state index is 0. The predicted octanol–water partition coefficient (Wildman–Crippen LogP) is -5.12. The van der Waals surface area contributed by atoms with E-state index in [0.717, 1.165) is 18.4 Å². The van der Waals surface area contributed by atoms with E-state index in [-0.39, 0.29) is 24.8 Å². The van der Waals surface area contributed by atoms with Crippen LogP contribution in [0.25, 0.3) is 0 Å². The van der Waals surface area contributed by atoms with Gasteiger partial charge in [-0.1, -0.05) is 23.9 Å². The first-order valence-electron chi connectivity index (χ1n) is 9.37. The van der Waals surface area contributed by atoms with E-state index >= 15 is 0 Å². The number of nitrogens with zero attached hydrogens (tertiary/aromatic N) is 2. The summed E-state index contributed by atoms with van der Waals surface area (Å²) in [6.45, 7) is 8.58. The van der Waals surface area contributed by atoms with Gasteiger partial charge < -0.3 is 39.5 Å². The van der Waals surface area contributed by atoms with Crippen molar-refractivity contribution in [3.05, 3.63) is 42.6 Å². The van der Waals surface area contributed by atoms with E-state index in [0.29, 0.717) is 0 Å². The molecule has 1 saturated heterocycles. The van der Waals surface area contributed by atoms with Gasteiger partial charge in [0.2, 0.25) is 0 Å². The summed E-state index contributed by atoms with van der Waals surface area (Å²) in [6.07, 6.45) is 3.12. The van der Waals surface area contributed by atoms with Gasteiger partial charge >= 0.3 is 0 Å². The van der Waals surface area contributed by atoms with Crippen LogP contribution in [0.3, 0.4) is 0 Å². The molecule has 1 aromatic heterocycles. The van der Waals surface area contributed by atoms with E-state index in [1.54, 1.807) is 9.80 Å². The lowest BCUT2D eigenvalue weighted by Gasteiger charge is -2.34. The van der Waals surface area contributed by atoms with Crippen LogP contribution in [-0.4, -0.2) is 50.8 Å². The molecular weight excluding hydrogens is 399 g/mol. The summed E-state index contributed by atoms with van der Waals surface area (Å²) in [6, 6.07) is 13.7. The SMILES string of the molecule is CC1C[NH+](CCCN2c3ccccc3Sc3cccnc32)CC[NH+]1C.[Cl-].[Cl-]. The fourth-order valence-electron chi connectivity index (χ4n) is 3.93. The Labute approximate surface area is 179 Å². The molecule has 2 N–H and O–H groups in total. The van der Waals surface area contributed by atoms with Gasteiger partial charge in [0, 0.05) is 24.1 Å². The van der Waals surface area contributed by atoms with Crippen LogP contribution in [-0.2, 0) is 0 Å². The van der Waals surface area contributed by atoms with Crippen molar-refractivity contribution >= 4 is 23.3 Å². The first-order chi connectivity index (χ1) is 12.2. The van der Waals surface area contributed by atoms with Crippen LogP contribution in [0.2, 0.25) is 0 Å². The number of aromatic nitrogens is 1. The molecular formula is C20H28Cl2N4S. The number of quaternary nitrogens is 2. The van der Waals surface area contributed by atoms with E-state index in [2.05, 4.69) is 54.2 Å². The van der Waals surface area contributed by atoms with Crippen molar-refractivity contribution < 1.29 is 34.6 Å². The summed E-state index contributed by atoms with van der Waals surface area (Å²) in [4.78, 5) is 13.2. The highest BCUT2D eigenvalue weighted by Gasteiger charge is 2.28. The van der Waals surface area contributed by atoms with E-state index in [4.69, 9.17) is 0 Å². The maximum absolute atomic E-state index is 4.68. The van der Waals surface area contributed by atoms with Crippen molar-refractivity contribution in [2.75, 3.05) is 44.7 Å². The number of piperazine rings is 1. The van der Waals surface area contributed by atoms with Crippen molar-refractivity contribution in [1.29, 1.82) is 0 Å². The summed E-state index contributed by atoms with van der Waals surface area (Å²) >= 11 is 1.84. The van der Waals surface area contributed by atoms with E-state index < -0.39 is 0 Å². The Morgan fingerprint density at radius 3 is 2.70 bits per heavy atom. The molecule has 27 heavy (non-hydrogen) atoms. The third-order valence-electron chi connectivity index (χ3n) is 5.60. The molecule has 1 aromatic carbocycles. The second-order valence-electron chi connectivity index (χ2n) is 7.35. The molecule has 0 spiro atoms. The van der Waals surface area contributed by atoms with E-state index in [9.17, 15) is 0 Å². The van der Waals surface area contributed by atoms with Crippen LogP contribution in [0.15, 0.2) is 52.4 Å². The number of benzene rings is 1. The van der Waals surface area contributed by atoms with Gasteiger partial charge in [-0.25, -0.2) is 4.98 Å². The number of hydrogen-bond acceptors (Lipinski definition) is 3. The molecule has 3 unspecified atom stereocenters. The first-order valence-corrected chi connectivity index (χ1v) is 10.2. The van der Waals surface area contributed by atoms with Crippen molar-refractivity contribution in [2.24, 2.45) is 0 Å². The van der Waals surface area contributed by atoms with Crippen molar-refractivity contribution in [3.63, 3.8) is 0 Å². The molecule has 2 aromatic rings. The summed E-state index contributed by atoms with van der Waals surface area (Å²) in [5.41, 5.74) is 1.31. The van der Waals surface area contributed by atoms with Crippen LogP contribution in [0.5, 0.6) is 0 Å². The minimum Gasteiger partial charge on any atom is -1.00 e. The molecule has 148 valence electrons. The average molecular weight is 427 g/mol. The third kappa shape index (κ3) is 4.90. The standard InChI is InChI=1S/C20H26N4S.2ClH/c1-16-15-23(14-13-22(16)2)11-6-12-24-17-7-3-4-8-18(17)25-19-9-5-10-21-20(19)24;;/h3-5,7-10,16H,6,11-15H2,1-2H3;2*1H. The Bertz CT molecular complexity index is 700. The molecule has 3 heterocycles. The van der Waals surface area contributed by atoms with Gasteiger partial charge in [-0.3, -0.25) is 0 Å². The minimum absolute atomic E-state index is 0. The first kappa shape index (κ1) is 22.3. The number of hydrogen-bond donors (Lipinski definition) is 2. The molecule has 0 amide bonds. The molecule has 4 nitrogen and oxygen atoms in total. The number of para-hydroxylation sites is 1. The van der Waals surface area contributed by atoms with Crippen molar-refractivity contribution in [3.8, 4) is 0 Å². The van der Waals surface area contributed by atoms with Gasteiger partial charge in [0.25, 0.3) is 0 Å². The summed E-state index contributed by atoms with van der Waals surface area (Å²) in [7, 11) is 2.33. The van der Waals surface area contributed by atoms with Gasteiger partial charge in [-0.15, -0.1) is 0 Å². The third-order valence-corrected chi connectivity index (χ3v) is 6.71. The lowest BCUT2D eigenvalue weighted by Crippen LogP contribution is -3.29. The molecule has 3 atom stereocenters. The van der Waals surface area contributed by atoms with Gasteiger partial charge in [0.05, 0.1) is 24.2 Å². The molecule has 0 bridgehead atoms. The molecule has 1 fully saturated rings. The Balaban J connectivity index is 0.00000131. The van der Waals surface area contributed by atoms with Gasteiger partial charge in [-0.2, -0.15) is 0 Å². The number of fused-ring (bicyclic) bond motifs is 2. The quantitative estimate of drug-likeness (QED) is 0.511. The van der Waals surface area contributed by atoms with Crippen LogP contribution in [0, 0.1) is 0 Å². The molecule has 0 aliphatic carbocycles. The largest absolute Gasteiger partial charge is 1.00 e. The van der Waals surface area contributed by atoms with Crippen molar-refractivity contribution in [1.82, 2.24) is 4.98 Å². The van der Waals surface area contributed by atoms with Crippen molar-refractivity contribution in [2.45, 2.75) is 29.2 Å². The molecule has 0 saturated carbocycles. The second kappa shape index (κ2) is 9.99. The van der Waals surface area contributed by atoms with Gasteiger partial charge in [0.1, 0.15) is 31.5 Å². The highest BCUT2D eigenvalue weighted by atomic mass is 35.5. The highest BCUT2D eigenvalue weighted by molar-refractivity contribution is 7.99. The molecule has 2 aliphatic heterocycles. The second-order valence-corrected chi connectivity index (χ2v) is 8.44. The summed E-state index contributed by atoms with van der Waals surface area (Å²) in [5, 5.41) is 0. The van der Waals surface area contributed by atoms with E-state index in [1.165, 1.54) is 48.1 Å². The number of halogens is 2. The van der Waals surface area contributed by atoms with Gasteiger partial charge in [0.15, 0.2) is 0 Å². The topological polar surface area (TPSA) is 25.0 Å². The Morgan fingerprint density at radius 2 is 1.89 bits per heavy atom. The van der Waals surface area contributed by atoms with Crippen LogP contribution in [0.4, 0.5) is 11.5 Å². The Kier molecular flexibility index (Phi) is 8.25. The fraction of sp³-hybridized carbons (Fsp3) is 0.450. The van der Waals surface area contributed by atoms with E-state index in [1.807, 2.05) is 24.0 Å². The van der Waals surface area contributed by atoms with Crippen LogP contribution in [0.1, 0.15) is 13.3 Å². The lowest BCUT2D eigenvalue weighted by atomic mass is 10.2. The zero-order chi connectivity index (χ0) is 17.2. The number of anilines is 2. The zero-order valence-electron chi connectivity index (χ0n) is 15.9. The molecule has 7 heteroatoms. The number of pyridine rings is 1. The normalized spacial score (nSPS) is 23.5. The average Bonchev–Trinajstić information content (AvgIpc) is 2.64. The highest BCUT2D eigenvalue weighted by Crippen LogP contribution is 2.46. The summed E-state index contributed by atoms with van der Waals surface area (Å²) in [5.74, 6) is 1.12. The fourth-order valence-corrected chi connectivity index (χ4v) is 5.00. The van der Waals surface area contributed by atoms with Crippen LogP contribution >= 0.6 is 11.8 Å². The Morgan fingerprint density at radius 1 is 1.11 bits per heavy atom. The van der Waals surface area contributed by atoms with Gasteiger partial charge in [-0.05, 0) is 31.2 Å². The van der Waals surface area contributed by atoms with Crippen LogP contribution < -0.4 is 39.5 Å².